The van der Waals surface area contributed by atoms with E-state index in [0.717, 1.165) is 12.3 Å². The van der Waals surface area contributed by atoms with Crippen molar-refractivity contribution in [3.8, 4) is 0 Å². The van der Waals surface area contributed by atoms with Crippen molar-refractivity contribution >= 4 is 0 Å². The molecule has 0 spiro atoms. The van der Waals surface area contributed by atoms with E-state index in [4.69, 9.17) is 4.74 Å². The molecule has 1 N–H and O–H groups in total. The zero-order chi connectivity index (χ0) is 12.6. The lowest BCUT2D eigenvalue weighted by Crippen LogP contribution is -2.42. The summed E-state index contributed by atoms with van der Waals surface area (Å²) in [4.78, 5) is 9.44. The minimum atomic E-state index is -2.86. The van der Waals surface area contributed by atoms with Crippen LogP contribution in [0.2, 0.25) is 0 Å². The van der Waals surface area contributed by atoms with Crippen molar-refractivity contribution < 1.29 is 18.4 Å². The average molecular weight is 234 g/mol. The van der Waals surface area contributed by atoms with Gasteiger partial charge in [-0.15, -0.1) is 0 Å². The van der Waals surface area contributed by atoms with E-state index < -0.39 is 28.0 Å². The summed E-state index contributed by atoms with van der Waals surface area (Å²) < 4.78 is 32.1. The van der Waals surface area contributed by atoms with E-state index in [9.17, 15) is 18.9 Å². The Bertz CT molecular complexity index is 373. The number of ether oxygens (including phenoxy) is 1. The van der Waals surface area contributed by atoms with Crippen molar-refractivity contribution in [2.24, 2.45) is 0 Å². The molecule has 0 aliphatic carbocycles. The molecule has 0 saturated carbocycles. The molecule has 1 unspecified atom stereocenters. The molecule has 0 fully saturated rings. The molecule has 0 bridgehead atoms. The quantitative estimate of drug-likeness (QED) is 0.451. The second-order valence-corrected chi connectivity index (χ2v) is 4.26. The summed E-state index contributed by atoms with van der Waals surface area (Å²) in [6.07, 6.45) is 1.69. The van der Waals surface area contributed by atoms with E-state index in [1.807, 2.05) is 5.32 Å². The largest absolute Gasteiger partial charge is 0.366 e. The Kier molecular flexibility index (Phi) is 3.00. The molecule has 0 aromatic carbocycles. The first-order chi connectivity index (χ1) is 7.16. The number of nitro groups is 1. The number of rotatable bonds is 2. The Labute approximate surface area is 90.9 Å². The van der Waals surface area contributed by atoms with Crippen LogP contribution < -0.4 is 5.32 Å². The molecule has 5 nitrogen and oxygen atoms in total. The molecule has 0 aromatic heterocycles. The third-order valence-electron chi connectivity index (χ3n) is 1.68. The van der Waals surface area contributed by atoms with Gasteiger partial charge in [0.2, 0.25) is 0 Å². The van der Waals surface area contributed by atoms with E-state index in [1.165, 1.54) is 20.8 Å². The first-order valence-corrected chi connectivity index (χ1v) is 4.54. The second-order valence-electron chi connectivity index (χ2n) is 4.26. The maximum Gasteiger partial charge on any atom is 0.366 e. The fourth-order valence-electron chi connectivity index (χ4n) is 1.25. The molecule has 1 heterocycles. The Balaban J connectivity index is 3.14. The summed E-state index contributed by atoms with van der Waals surface area (Å²) in [6, 6.07) is 0. The third-order valence-corrected chi connectivity index (χ3v) is 1.68. The highest BCUT2D eigenvalue weighted by molar-refractivity contribution is 5.23. The SMILES string of the molecule is CC(C)(C)OC1(F)C=CNC(F)=C1[N+](=O)[O-]. The Hall–Kier alpha value is -1.50. The highest BCUT2D eigenvalue weighted by Gasteiger charge is 2.50. The second kappa shape index (κ2) is 3.82. The first-order valence-electron chi connectivity index (χ1n) is 4.54. The monoisotopic (exact) mass is 234 g/mol. The van der Waals surface area contributed by atoms with Crippen LogP contribution in [-0.4, -0.2) is 16.4 Å². The van der Waals surface area contributed by atoms with Gasteiger partial charge in [-0.1, -0.05) is 0 Å². The molecular formula is C9H12F2N2O3. The topological polar surface area (TPSA) is 64.4 Å². The molecule has 1 aliphatic heterocycles. The third kappa shape index (κ3) is 2.54. The van der Waals surface area contributed by atoms with Crippen LogP contribution >= 0.6 is 0 Å². The van der Waals surface area contributed by atoms with Crippen molar-refractivity contribution in [3.05, 3.63) is 34.0 Å². The van der Waals surface area contributed by atoms with Gasteiger partial charge in [0.1, 0.15) is 0 Å². The van der Waals surface area contributed by atoms with E-state index in [2.05, 4.69) is 0 Å². The summed E-state index contributed by atoms with van der Waals surface area (Å²) >= 11 is 0. The lowest BCUT2D eigenvalue weighted by atomic mass is 10.1. The van der Waals surface area contributed by atoms with Crippen LogP contribution in [0.25, 0.3) is 0 Å². The van der Waals surface area contributed by atoms with Crippen molar-refractivity contribution in [1.29, 1.82) is 0 Å². The molecule has 7 heteroatoms. The number of hydrogen-bond donors (Lipinski definition) is 1. The average Bonchev–Trinajstić information content (AvgIpc) is 1.97. The van der Waals surface area contributed by atoms with Gasteiger partial charge in [-0.2, -0.15) is 8.78 Å². The number of halogens is 2. The van der Waals surface area contributed by atoms with Gasteiger partial charge < -0.3 is 10.1 Å². The smallest absolute Gasteiger partial charge is 0.333 e. The summed E-state index contributed by atoms with van der Waals surface area (Å²) in [5.41, 5.74) is -2.26. The zero-order valence-electron chi connectivity index (χ0n) is 9.08. The number of dihydropyridines is 1. The fourth-order valence-corrected chi connectivity index (χ4v) is 1.25. The first kappa shape index (κ1) is 12.6. The molecule has 0 saturated heterocycles. The molecular weight excluding hydrogens is 222 g/mol. The van der Waals surface area contributed by atoms with Crippen LogP contribution in [0.5, 0.6) is 0 Å². The predicted molar refractivity (Wildman–Crippen MR) is 52.1 cm³/mol. The fraction of sp³-hybridized carbons (Fsp3) is 0.556. The maximum atomic E-state index is 14.1. The molecule has 1 atom stereocenters. The summed E-state index contributed by atoms with van der Waals surface area (Å²) in [5, 5.41) is 12.5. The van der Waals surface area contributed by atoms with E-state index >= 15 is 0 Å². The summed E-state index contributed by atoms with van der Waals surface area (Å²) in [7, 11) is 0. The molecule has 1 rings (SSSR count). The van der Waals surface area contributed by atoms with Crippen molar-refractivity contribution in [2.45, 2.75) is 32.2 Å². The van der Waals surface area contributed by atoms with Crippen molar-refractivity contribution in [3.63, 3.8) is 0 Å². The van der Waals surface area contributed by atoms with Gasteiger partial charge in [-0.25, -0.2) is 0 Å². The minimum Gasteiger partial charge on any atom is -0.333 e. The van der Waals surface area contributed by atoms with Crippen molar-refractivity contribution in [1.82, 2.24) is 5.32 Å². The molecule has 1 aliphatic rings. The highest BCUT2D eigenvalue weighted by Crippen LogP contribution is 2.34. The van der Waals surface area contributed by atoms with Crippen LogP contribution in [0.3, 0.4) is 0 Å². The summed E-state index contributed by atoms with van der Waals surface area (Å²) in [5.74, 6) is -4.23. The zero-order valence-corrected chi connectivity index (χ0v) is 9.08. The number of nitrogens with zero attached hydrogens (tertiary/aromatic N) is 1. The van der Waals surface area contributed by atoms with E-state index in [-0.39, 0.29) is 0 Å². The standard InChI is InChI=1S/C9H12F2N2O3/c1-8(2,3)16-9(11)4-5-12-7(10)6(9)13(14)15/h4-5,12H,1-3H3. The van der Waals surface area contributed by atoms with Gasteiger partial charge in [-0.3, -0.25) is 10.1 Å². The Morgan fingerprint density at radius 3 is 2.56 bits per heavy atom. The normalized spacial score (nSPS) is 25.6. The highest BCUT2D eigenvalue weighted by atomic mass is 19.2. The molecule has 90 valence electrons. The Morgan fingerprint density at radius 2 is 2.12 bits per heavy atom. The van der Waals surface area contributed by atoms with Gasteiger partial charge in [0.15, 0.2) is 0 Å². The van der Waals surface area contributed by atoms with Gasteiger partial charge in [0, 0.05) is 12.3 Å². The van der Waals surface area contributed by atoms with Crippen LogP contribution in [0.4, 0.5) is 8.78 Å². The van der Waals surface area contributed by atoms with Crippen molar-refractivity contribution in [2.75, 3.05) is 0 Å². The molecule has 0 radical (unpaired) electrons. The van der Waals surface area contributed by atoms with Gasteiger partial charge in [-0.05, 0) is 20.8 Å². The summed E-state index contributed by atoms with van der Waals surface area (Å²) in [6.45, 7) is 4.54. The van der Waals surface area contributed by atoms with Crippen LogP contribution in [0, 0.1) is 10.1 Å². The van der Waals surface area contributed by atoms with E-state index in [1.54, 1.807) is 0 Å². The van der Waals surface area contributed by atoms with Crippen LogP contribution in [0.15, 0.2) is 23.9 Å². The molecule has 16 heavy (non-hydrogen) atoms. The Morgan fingerprint density at radius 1 is 1.56 bits per heavy atom. The predicted octanol–water partition coefficient (Wildman–Crippen LogP) is 2.00. The number of alkyl halides is 1. The maximum absolute atomic E-state index is 14.1. The number of hydrogen-bond acceptors (Lipinski definition) is 4. The number of nitrogens with one attached hydrogen (secondary N) is 1. The van der Waals surface area contributed by atoms with Gasteiger partial charge in [0.05, 0.1) is 10.5 Å². The van der Waals surface area contributed by atoms with Gasteiger partial charge in [0.25, 0.3) is 5.95 Å². The van der Waals surface area contributed by atoms with Gasteiger partial charge >= 0.3 is 11.6 Å². The van der Waals surface area contributed by atoms with E-state index in [0.29, 0.717) is 0 Å². The minimum absolute atomic E-state index is 0.763. The van der Waals surface area contributed by atoms with Crippen LogP contribution in [-0.2, 0) is 4.74 Å². The molecule has 0 aromatic rings. The lowest BCUT2D eigenvalue weighted by molar-refractivity contribution is -0.458. The van der Waals surface area contributed by atoms with Crippen LogP contribution in [0.1, 0.15) is 20.8 Å². The lowest BCUT2D eigenvalue weighted by Gasteiger charge is -2.29. The molecule has 0 amide bonds.